The van der Waals surface area contributed by atoms with E-state index in [0.717, 1.165) is 37.6 Å². The summed E-state index contributed by atoms with van der Waals surface area (Å²) in [6.07, 6.45) is 6.16. The number of rotatable bonds is 8. The van der Waals surface area contributed by atoms with Crippen LogP contribution in [0.2, 0.25) is 0 Å². The zero-order chi connectivity index (χ0) is 16.7. The molecule has 0 radical (unpaired) electrons. The first-order valence-electron chi connectivity index (χ1n) is 8.61. The lowest BCUT2D eigenvalue weighted by molar-refractivity contribution is 0.750. The van der Waals surface area contributed by atoms with E-state index >= 15 is 0 Å². The minimum absolute atomic E-state index is 0.774. The number of hydrogen-bond donors (Lipinski definition) is 1. The quantitative estimate of drug-likeness (QED) is 0.774. The van der Waals surface area contributed by atoms with Gasteiger partial charge in [0.25, 0.3) is 0 Å². The number of nitrogens with zero attached hydrogens (tertiary/aromatic N) is 3. The van der Waals surface area contributed by atoms with Gasteiger partial charge in [-0.2, -0.15) is 4.98 Å². The van der Waals surface area contributed by atoms with Crippen molar-refractivity contribution in [3.8, 4) is 0 Å². The maximum absolute atomic E-state index is 4.68. The van der Waals surface area contributed by atoms with E-state index in [1.54, 1.807) is 0 Å². The molecule has 0 unspecified atom stereocenters. The third-order valence-corrected chi connectivity index (χ3v) is 4.08. The van der Waals surface area contributed by atoms with Gasteiger partial charge in [0.2, 0.25) is 5.95 Å². The summed E-state index contributed by atoms with van der Waals surface area (Å²) in [5, 5.41) is 3.52. The number of unbranched alkanes of at least 4 members (excludes halogenated alkanes) is 1. The Balaban J connectivity index is 2.24. The van der Waals surface area contributed by atoms with Crippen LogP contribution in [0.3, 0.4) is 0 Å². The topological polar surface area (TPSA) is 41.1 Å². The predicted molar refractivity (Wildman–Crippen MR) is 98.7 cm³/mol. The molecule has 0 aliphatic heterocycles. The molecule has 2 rings (SSSR count). The Hall–Kier alpha value is -2.10. The third kappa shape index (κ3) is 4.44. The number of nitrogens with one attached hydrogen (secondary N) is 1. The summed E-state index contributed by atoms with van der Waals surface area (Å²) in [4.78, 5) is 11.2. The standard InChI is InChI=1S/C19H28N4/c1-5-8-14-23(4)19-20-13-12-17(22-19)21-18-15(6-2)10-9-11-16(18)7-3/h9-13H,5-8,14H2,1-4H3,(H,20,21,22). The molecule has 1 N–H and O–H groups in total. The highest BCUT2D eigenvalue weighted by atomic mass is 15.2. The number of hydrogen-bond acceptors (Lipinski definition) is 4. The van der Waals surface area contributed by atoms with E-state index in [2.05, 4.69) is 59.2 Å². The fraction of sp³-hybridized carbons (Fsp3) is 0.474. The van der Waals surface area contributed by atoms with Gasteiger partial charge in [-0.05, 0) is 36.5 Å². The number of aromatic nitrogens is 2. The minimum atomic E-state index is 0.774. The molecular weight excluding hydrogens is 284 g/mol. The van der Waals surface area contributed by atoms with Crippen LogP contribution in [-0.4, -0.2) is 23.6 Å². The van der Waals surface area contributed by atoms with Gasteiger partial charge >= 0.3 is 0 Å². The fourth-order valence-corrected chi connectivity index (χ4v) is 2.63. The van der Waals surface area contributed by atoms with Crippen LogP contribution in [0, 0.1) is 0 Å². The molecule has 0 saturated carbocycles. The molecule has 0 aliphatic rings. The molecule has 0 spiro atoms. The van der Waals surface area contributed by atoms with E-state index < -0.39 is 0 Å². The summed E-state index contributed by atoms with van der Waals surface area (Å²) < 4.78 is 0. The van der Waals surface area contributed by atoms with Crippen molar-refractivity contribution in [1.29, 1.82) is 0 Å². The molecule has 0 saturated heterocycles. The molecule has 124 valence electrons. The van der Waals surface area contributed by atoms with Crippen LogP contribution in [0.4, 0.5) is 17.5 Å². The molecule has 1 aromatic heterocycles. The Morgan fingerprint density at radius 3 is 2.35 bits per heavy atom. The van der Waals surface area contributed by atoms with Crippen molar-refractivity contribution in [2.24, 2.45) is 0 Å². The van der Waals surface area contributed by atoms with Crippen LogP contribution in [0.1, 0.15) is 44.7 Å². The van der Waals surface area contributed by atoms with Crippen molar-refractivity contribution in [1.82, 2.24) is 9.97 Å². The van der Waals surface area contributed by atoms with E-state index in [9.17, 15) is 0 Å². The fourth-order valence-electron chi connectivity index (χ4n) is 2.63. The Bertz CT molecular complexity index is 602. The molecule has 0 atom stereocenters. The molecule has 0 amide bonds. The number of anilines is 3. The summed E-state index contributed by atoms with van der Waals surface area (Å²) in [6.45, 7) is 7.54. The van der Waals surface area contributed by atoms with Gasteiger partial charge in [0.05, 0.1) is 0 Å². The van der Waals surface area contributed by atoms with E-state index in [1.165, 1.54) is 23.2 Å². The van der Waals surface area contributed by atoms with Gasteiger partial charge in [-0.1, -0.05) is 45.4 Å². The zero-order valence-electron chi connectivity index (χ0n) is 14.8. The lowest BCUT2D eigenvalue weighted by atomic mass is 10.0. The Morgan fingerprint density at radius 1 is 1.04 bits per heavy atom. The average Bonchev–Trinajstić information content (AvgIpc) is 2.60. The number of benzene rings is 1. The van der Waals surface area contributed by atoms with Crippen LogP contribution in [0.25, 0.3) is 0 Å². The first kappa shape index (κ1) is 17.3. The molecule has 0 bridgehead atoms. The molecule has 0 fully saturated rings. The van der Waals surface area contributed by atoms with Crippen LogP contribution in [0.15, 0.2) is 30.5 Å². The maximum Gasteiger partial charge on any atom is 0.227 e. The van der Waals surface area contributed by atoms with Gasteiger partial charge in [-0.25, -0.2) is 4.98 Å². The number of aryl methyl sites for hydroxylation is 2. The van der Waals surface area contributed by atoms with Crippen LogP contribution < -0.4 is 10.2 Å². The van der Waals surface area contributed by atoms with Crippen molar-refractivity contribution in [2.75, 3.05) is 23.8 Å². The van der Waals surface area contributed by atoms with E-state index in [4.69, 9.17) is 0 Å². The van der Waals surface area contributed by atoms with Gasteiger partial charge in [0, 0.05) is 25.5 Å². The second-order valence-electron chi connectivity index (χ2n) is 5.80. The normalized spacial score (nSPS) is 10.6. The van der Waals surface area contributed by atoms with Gasteiger partial charge in [-0.3, -0.25) is 0 Å². The molecule has 1 aromatic carbocycles. The Labute approximate surface area is 140 Å². The summed E-state index contributed by atoms with van der Waals surface area (Å²) in [5.41, 5.74) is 3.84. The molecular formula is C19H28N4. The Morgan fingerprint density at radius 2 is 1.74 bits per heavy atom. The largest absolute Gasteiger partial charge is 0.344 e. The zero-order valence-corrected chi connectivity index (χ0v) is 14.8. The van der Waals surface area contributed by atoms with Crippen molar-refractivity contribution in [2.45, 2.75) is 46.5 Å². The first-order chi connectivity index (χ1) is 11.2. The minimum Gasteiger partial charge on any atom is -0.344 e. The highest BCUT2D eigenvalue weighted by Crippen LogP contribution is 2.26. The van der Waals surface area contributed by atoms with Crippen LogP contribution >= 0.6 is 0 Å². The summed E-state index contributed by atoms with van der Waals surface area (Å²) in [6, 6.07) is 8.42. The van der Waals surface area contributed by atoms with Crippen LogP contribution in [0.5, 0.6) is 0 Å². The average molecular weight is 312 g/mol. The van der Waals surface area contributed by atoms with E-state index in [1.807, 2.05) is 19.3 Å². The maximum atomic E-state index is 4.68. The van der Waals surface area contributed by atoms with Crippen molar-refractivity contribution < 1.29 is 0 Å². The second kappa shape index (κ2) is 8.51. The number of para-hydroxylation sites is 1. The van der Waals surface area contributed by atoms with Gasteiger partial charge < -0.3 is 10.2 Å². The van der Waals surface area contributed by atoms with E-state index in [0.29, 0.717) is 0 Å². The monoisotopic (exact) mass is 312 g/mol. The Kier molecular flexibility index (Phi) is 6.39. The third-order valence-electron chi connectivity index (χ3n) is 4.08. The molecule has 1 heterocycles. The van der Waals surface area contributed by atoms with Gasteiger partial charge in [0.1, 0.15) is 5.82 Å². The predicted octanol–water partition coefficient (Wildman–Crippen LogP) is 4.58. The molecule has 2 aromatic rings. The second-order valence-corrected chi connectivity index (χ2v) is 5.80. The smallest absolute Gasteiger partial charge is 0.227 e. The van der Waals surface area contributed by atoms with E-state index in [-0.39, 0.29) is 0 Å². The summed E-state index contributed by atoms with van der Waals surface area (Å²) >= 11 is 0. The van der Waals surface area contributed by atoms with Crippen molar-refractivity contribution in [3.63, 3.8) is 0 Å². The van der Waals surface area contributed by atoms with Gasteiger partial charge in [-0.15, -0.1) is 0 Å². The summed E-state index contributed by atoms with van der Waals surface area (Å²) in [7, 11) is 2.05. The highest BCUT2D eigenvalue weighted by molar-refractivity contribution is 5.65. The lowest BCUT2D eigenvalue weighted by Crippen LogP contribution is -2.21. The molecule has 4 nitrogen and oxygen atoms in total. The molecule has 4 heteroatoms. The van der Waals surface area contributed by atoms with Crippen molar-refractivity contribution >= 4 is 17.5 Å². The highest BCUT2D eigenvalue weighted by Gasteiger charge is 2.09. The van der Waals surface area contributed by atoms with Gasteiger partial charge in [0.15, 0.2) is 0 Å². The SMILES string of the molecule is CCCCN(C)c1nccc(Nc2c(CC)cccc2CC)n1. The van der Waals surface area contributed by atoms with Crippen molar-refractivity contribution in [3.05, 3.63) is 41.6 Å². The first-order valence-corrected chi connectivity index (χ1v) is 8.61. The lowest BCUT2D eigenvalue weighted by Gasteiger charge is -2.18. The summed E-state index contributed by atoms with van der Waals surface area (Å²) in [5.74, 6) is 1.63. The van der Waals surface area contributed by atoms with Crippen LogP contribution in [-0.2, 0) is 12.8 Å². The molecule has 23 heavy (non-hydrogen) atoms. The molecule has 0 aliphatic carbocycles.